The van der Waals surface area contributed by atoms with Crippen molar-refractivity contribution in [2.75, 3.05) is 0 Å². The van der Waals surface area contributed by atoms with Crippen molar-refractivity contribution in [1.82, 2.24) is 9.55 Å². The molecule has 0 saturated heterocycles. The lowest BCUT2D eigenvalue weighted by Gasteiger charge is -2.41. The first-order valence-electron chi connectivity index (χ1n) is 15.7. The number of aromatic nitrogens is 2. The molecule has 47 heavy (non-hydrogen) atoms. The van der Waals surface area contributed by atoms with E-state index in [2.05, 4.69) is 131 Å². The largest absolute Gasteiger partial charge is 0.457 e. The minimum absolute atomic E-state index is 0.591. The summed E-state index contributed by atoms with van der Waals surface area (Å²) in [7, 11) is 0. The minimum atomic E-state index is -0.591. The molecule has 0 amide bonds. The first-order valence-corrected chi connectivity index (χ1v) is 15.7. The Morgan fingerprint density at radius 2 is 1.15 bits per heavy atom. The van der Waals surface area contributed by atoms with Crippen LogP contribution in [0.3, 0.4) is 0 Å². The van der Waals surface area contributed by atoms with Crippen LogP contribution in [0.5, 0.6) is 11.5 Å². The lowest BCUT2D eigenvalue weighted by molar-refractivity contribution is 0.434. The van der Waals surface area contributed by atoms with Crippen molar-refractivity contribution in [2.45, 2.75) is 5.41 Å². The molecule has 4 nitrogen and oxygen atoms in total. The van der Waals surface area contributed by atoms with Gasteiger partial charge in [-0.1, -0.05) is 91.0 Å². The quantitative estimate of drug-likeness (QED) is 0.202. The second-order valence-electron chi connectivity index (χ2n) is 11.9. The highest BCUT2D eigenvalue weighted by molar-refractivity contribution is 6.11. The zero-order valence-corrected chi connectivity index (χ0v) is 25.3. The molecule has 0 aliphatic carbocycles. The summed E-state index contributed by atoms with van der Waals surface area (Å²) < 4.78 is 8.87. The molecule has 2 aromatic heterocycles. The summed E-state index contributed by atoms with van der Waals surface area (Å²) in [4.78, 5) is 4.23. The number of ether oxygens (including phenoxy) is 1. The third kappa shape index (κ3) is 4.04. The molecule has 3 heterocycles. The lowest BCUT2D eigenvalue weighted by atomic mass is 9.63. The standard InChI is InChI=1S/C43H27N3O/c44-28-29-15-18-39-35(25-29)36-26-30(16-19-40(36)46(39)34-21-23-45-24-22-34)31-17-20-42-38(27-31)43(32-9-3-1-4-10-32,33-11-5-2-6-12-33)37-13-7-8-14-41(37)47-42/h1-27H. The predicted octanol–water partition coefficient (Wildman–Crippen LogP) is 10.2. The van der Waals surface area contributed by atoms with Crippen molar-refractivity contribution in [3.8, 4) is 34.4 Å². The molecule has 0 unspecified atom stereocenters. The second kappa shape index (κ2) is 10.6. The van der Waals surface area contributed by atoms with Gasteiger partial charge in [0.15, 0.2) is 0 Å². The van der Waals surface area contributed by atoms with Crippen LogP contribution in [0.1, 0.15) is 27.8 Å². The summed E-state index contributed by atoms with van der Waals surface area (Å²) in [6.45, 7) is 0. The fraction of sp³-hybridized carbons (Fsp3) is 0.0233. The summed E-state index contributed by atoms with van der Waals surface area (Å²) in [5, 5.41) is 11.9. The van der Waals surface area contributed by atoms with Crippen LogP contribution in [0.4, 0.5) is 0 Å². The van der Waals surface area contributed by atoms with Gasteiger partial charge < -0.3 is 9.30 Å². The Kier molecular flexibility index (Phi) is 6.06. The molecule has 0 atom stereocenters. The fourth-order valence-electron chi connectivity index (χ4n) is 7.43. The molecule has 4 heteroatoms. The minimum Gasteiger partial charge on any atom is -0.457 e. The summed E-state index contributed by atoms with van der Waals surface area (Å²) in [6.07, 6.45) is 3.62. The van der Waals surface area contributed by atoms with Gasteiger partial charge in [-0.05, 0) is 82.9 Å². The summed E-state index contributed by atoms with van der Waals surface area (Å²) >= 11 is 0. The molecule has 8 aromatic rings. The Balaban J connectivity index is 1.31. The Hall–Kier alpha value is -6.44. The van der Waals surface area contributed by atoms with E-state index < -0.39 is 5.41 Å². The number of hydrogen-bond donors (Lipinski definition) is 0. The highest BCUT2D eigenvalue weighted by atomic mass is 16.5. The third-order valence-electron chi connectivity index (χ3n) is 9.46. The molecular weight excluding hydrogens is 574 g/mol. The molecule has 220 valence electrons. The molecule has 0 fully saturated rings. The van der Waals surface area contributed by atoms with Gasteiger partial charge in [0.2, 0.25) is 0 Å². The number of nitrogens with zero attached hydrogens (tertiary/aromatic N) is 3. The van der Waals surface area contributed by atoms with Crippen molar-refractivity contribution < 1.29 is 4.74 Å². The summed E-state index contributed by atoms with van der Waals surface area (Å²) in [6, 6.07) is 55.3. The van der Waals surface area contributed by atoms with E-state index in [1.165, 1.54) is 11.1 Å². The molecule has 9 rings (SSSR count). The number of para-hydroxylation sites is 1. The number of nitriles is 1. The molecule has 0 radical (unpaired) electrons. The van der Waals surface area contributed by atoms with E-state index in [9.17, 15) is 5.26 Å². The molecular formula is C43H27N3O. The SMILES string of the molecule is N#Cc1ccc2c(c1)c1cc(-c3ccc4c(c3)C(c3ccccc3)(c3ccccc3)c3ccccc3O4)ccc1n2-c1ccncc1. The van der Waals surface area contributed by atoms with Gasteiger partial charge in [0.05, 0.1) is 28.1 Å². The van der Waals surface area contributed by atoms with Crippen LogP contribution in [0.25, 0.3) is 38.6 Å². The van der Waals surface area contributed by atoms with Gasteiger partial charge in [0, 0.05) is 40.0 Å². The fourth-order valence-corrected chi connectivity index (χ4v) is 7.43. The zero-order valence-electron chi connectivity index (χ0n) is 25.3. The first-order chi connectivity index (χ1) is 23.3. The van der Waals surface area contributed by atoms with Crippen molar-refractivity contribution in [3.63, 3.8) is 0 Å². The van der Waals surface area contributed by atoms with Crippen LogP contribution in [-0.2, 0) is 5.41 Å². The van der Waals surface area contributed by atoms with E-state index in [4.69, 9.17) is 4.74 Å². The predicted molar refractivity (Wildman–Crippen MR) is 187 cm³/mol. The van der Waals surface area contributed by atoms with Crippen LogP contribution in [0.2, 0.25) is 0 Å². The van der Waals surface area contributed by atoms with Crippen LogP contribution in [0.15, 0.2) is 164 Å². The van der Waals surface area contributed by atoms with E-state index in [1.807, 2.05) is 48.8 Å². The topological polar surface area (TPSA) is 50.8 Å². The van der Waals surface area contributed by atoms with Gasteiger partial charge >= 0.3 is 0 Å². The van der Waals surface area contributed by atoms with Gasteiger partial charge in [-0.25, -0.2) is 0 Å². The average Bonchev–Trinajstić information content (AvgIpc) is 3.47. The molecule has 1 aliphatic heterocycles. The number of hydrogen-bond acceptors (Lipinski definition) is 3. The molecule has 1 aliphatic rings. The third-order valence-corrected chi connectivity index (χ3v) is 9.46. The van der Waals surface area contributed by atoms with Crippen molar-refractivity contribution in [1.29, 1.82) is 5.26 Å². The highest BCUT2D eigenvalue weighted by Gasteiger charge is 2.45. The maximum atomic E-state index is 9.77. The van der Waals surface area contributed by atoms with Crippen LogP contribution < -0.4 is 4.74 Å². The Morgan fingerprint density at radius 3 is 1.87 bits per heavy atom. The van der Waals surface area contributed by atoms with Gasteiger partial charge in [-0.15, -0.1) is 0 Å². The molecule has 0 saturated carbocycles. The number of fused-ring (bicyclic) bond motifs is 5. The van der Waals surface area contributed by atoms with E-state index in [1.54, 1.807) is 0 Å². The second-order valence-corrected chi connectivity index (χ2v) is 11.9. The van der Waals surface area contributed by atoms with Gasteiger partial charge in [-0.3, -0.25) is 4.98 Å². The van der Waals surface area contributed by atoms with Crippen molar-refractivity contribution in [2.24, 2.45) is 0 Å². The number of benzene rings is 6. The first kappa shape index (κ1) is 26.9. The monoisotopic (exact) mass is 601 g/mol. The van der Waals surface area contributed by atoms with E-state index in [-0.39, 0.29) is 0 Å². The molecule has 6 aromatic carbocycles. The lowest BCUT2D eigenvalue weighted by Crippen LogP contribution is -2.34. The Bertz CT molecular complexity index is 2450. The summed E-state index contributed by atoms with van der Waals surface area (Å²) in [5.41, 5.74) is 9.94. The van der Waals surface area contributed by atoms with E-state index in [0.29, 0.717) is 5.56 Å². The smallest absolute Gasteiger partial charge is 0.132 e. The van der Waals surface area contributed by atoms with Crippen molar-refractivity contribution in [3.05, 3.63) is 192 Å². The van der Waals surface area contributed by atoms with E-state index in [0.717, 1.165) is 61.2 Å². The average molecular weight is 602 g/mol. The van der Waals surface area contributed by atoms with Crippen LogP contribution in [0, 0.1) is 11.3 Å². The van der Waals surface area contributed by atoms with Crippen LogP contribution >= 0.6 is 0 Å². The van der Waals surface area contributed by atoms with Gasteiger partial charge in [0.25, 0.3) is 0 Å². The number of pyridine rings is 1. The van der Waals surface area contributed by atoms with Gasteiger partial charge in [0.1, 0.15) is 11.5 Å². The Labute approximate surface area is 272 Å². The van der Waals surface area contributed by atoms with Gasteiger partial charge in [-0.2, -0.15) is 5.26 Å². The maximum absolute atomic E-state index is 9.77. The molecule has 0 bridgehead atoms. The van der Waals surface area contributed by atoms with Crippen molar-refractivity contribution >= 4 is 21.8 Å². The van der Waals surface area contributed by atoms with E-state index >= 15 is 0 Å². The maximum Gasteiger partial charge on any atom is 0.132 e. The zero-order chi connectivity index (χ0) is 31.4. The normalized spacial score (nSPS) is 13.0. The molecule has 0 spiro atoms. The number of rotatable bonds is 4. The highest BCUT2D eigenvalue weighted by Crippen LogP contribution is 2.55. The Morgan fingerprint density at radius 1 is 0.553 bits per heavy atom. The molecule has 0 N–H and O–H groups in total. The summed E-state index contributed by atoms with van der Waals surface area (Å²) in [5.74, 6) is 1.70. The van der Waals surface area contributed by atoms with Crippen LogP contribution in [-0.4, -0.2) is 9.55 Å².